The zero-order valence-corrected chi connectivity index (χ0v) is 10.9. The van der Waals surface area contributed by atoms with Crippen LogP contribution in [0.1, 0.15) is 12.2 Å². The monoisotopic (exact) mass is 259 g/mol. The molecule has 1 aliphatic heterocycles. The molecule has 19 heavy (non-hydrogen) atoms. The second-order valence-corrected chi connectivity index (χ2v) is 4.50. The summed E-state index contributed by atoms with van der Waals surface area (Å²) in [4.78, 5) is 0. The first kappa shape index (κ1) is 12.1. The molecule has 0 spiro atoms. The fourth-order valence-corrected chi connectivity index (χ4v) is 2.23. The van der Waals surface area contributed by atoms with Gasteiger partial charge in [-0.15, -0.1) is 0 Å². The van der Waals surface area contributed by atoms with Crippen molar-refractivity contribution in [3.8, 4) is 22.6 Å². The molecule has 0 fully saturated rings. The average Bonchev–Trinajstić information content (AvgIpc) is 2.76. The molecule has 4 nitrogen and oxygen atoms in total. The topological polar surface area (TPSA) is 43.6 Å². The van der Waals surface area contributed by atoms with Crippen molar-refractivity contribution in [1.29, 1.82) is 0 Å². The Hall–Kier alpha value is -1.94. The van der Waals surface area contributed by atoms with Crippen LogP contribution in [0.5, 0.6) is 11.5 Å². The maximum Gasteiger partial charge on any atom is 0.161 e. The normalized spacial score (nSPS) is 14.2. The first-order valence-corrected chi connectivity index (χ1v) is 6.49. The third kappa shape index (κ3) is 2.44. The van der Waals surface area contributed by atoms with Crippen molar-refractivity contribution >= 4 is 0 Å². The Labute approximate surface area is 112 Å². The minimum Gasteiger partial charge on any atom is -0.490 e. The molecule has 4 heteroatoms. The van der Waals surface area contributed by atoms with Crippen LogP contribution < -0.4 is 14.8 Å². The molecule has 3 rings (SSSR count). The molecule has 1 aliphatic rings. The Kier molecular flexibility index (Phi) is 3.42. The van der Waals surface area contributed by atoms with Crippen LogP contribution in [0.4, 0.5) is 0 Å². The van der Waals surface area contributed by atoms with Crippen LogP contribution in [0.2, 0.25) is 0 Å². The van der Waals surface area contributed by atoms with E-state index in [-0.39, 0.29) is 0 Å². The second kappa shape index (κ2) is 5.36. The van der Waals surface area contributed by atoms with Crippen LogP contribution in [0.25, 0.3) is 11.1 Å². The van der Waals surface area contributed by atoms with Gasteiger partial charge in [0.05, 0.1) is 26.0 Å². The maximum atomic E-state index is 5.72. The molecule has 2 aromatic rings. The van der Waals surface area contributed by atoms with Crippen molar-refractivity contribution in [2.75, 3.05) is 20.3 Å². The Morgan fingerprint density at radius 2 is 1.95 bits per heavy atom. The van der Waals surface area contributed by atoms with Gasteiger partial charge in [0.2, 0.25) is 0 Å². The van der Waals surface area contributed by atoms with Gasteiger partial charge in [0.25, 0.3) is 0 Å². The molecule has 2 heterocycles. The van der Waals surface area contributed by atoms with E-state index in [9.17, 15) is 0 Å². The van der Waals surface area contributed by atoms with Crippen LogP contribution in [0, 0.1) is 0 Å². The summed E-state index contributed by atoms with van der Waals surface area (Å²) in [5.74, 6) is 2.56. The Morgan fingerprint density at radius 1 is 1.11 bits per heavy atom. The second-order valence-electron chi connectivity index (χ2n) is 4.50. The highest BCUT2D eigenvalue weighted by molar-refractivity contribution is 5.68. The molecule has 0 unspecified atom stereocenters. The third-order valence-electron chi connectivity index (χ3n) is 3.14. The lowest BCUT2D eigenvalue weighted by Gasteiger charge is -2.09. The van der Waals surface area contributed by atoms with Gasteiger partial charge < -0.3 is 19.2 Å². The lowest BCUT2D eigenvalue weighted by molar-refractivity contribution is 0.297. The number of hydrogen-bond acceptors (Lipinski definition) is 4. The quantitative estimate of drug-likeness (QED) is 0.920. The molecule has 0 saturated carbocycles. The molecule has 1 N–H and O–H groups in total. The highest BCUT2D eigenvalue weighted by Gasteiger charge is 2.14. The van der Waals surface area contributed by atoms with E-state index in [0.717, 1.165) is 34.8 Å². The molecule has 0 radical (unpaired) electrons. The summed E-state index contributed by atoms with van der Waals surface area (Å²) >= 11 is 0. The molecule has 1 aromatic carbocycles. The van der Waals surface area contributed by atoms with Crippen molar-refractivity contribution in [1.82, 2.24) is 5.32 Å². The summed E-state index contributed by atoms with van der Waals surface area (Å²) in [5.41, 5.74) is 2.17. The standard InChI is InChI=1S/C15H17NO3/c1-16-10-15-12(5-8-19-15)11-3-4-13-14(9-11)18-7-2-6-17-13/h3-5,8-9,16H,2,6-7,10H2,1H3. The van der Waals surface area contributed by atoms with Crippen molar-refractivity contribution in [3.05, 3.63) is 36.3 Å². The average molecular weight is 259 g/mol. The molecule has 0 saturated heterocycles. The Morgan fingerprint density at radius 3 is 2.79 bits per heavy atom. The first-order chi connectivity index (χ1) is 9.38. The van der Waals surface area contributed by atoms with E-state index in [1.54, 1.807) is 6.26 Å². The number of hydrogen-bond donors (Lipinski definition) is 1. The number of rotatable bonds is 3. The highest BCUT2D eigenvalue weighted by atomic mass is 16.5. The van der Waals surface area contributed by atoms with Crippen LogP contribution >= 0.6 is 0 Å². The van der Waals surface area contributed by atoms with Crippen LogP contribution in [0.15, 0.2) is 34.9 Å². The van der Waals surface area contributed by atoms with E-state index in [1.807, 2.05) is 31.3 Å². The van der Waals surface area contributed by atoms with Gasteiger partial charge in [-0.25, -0.2) is 0 Å². The number of benzene rings is 1. The van der Waals surface area contributed by atoms with E-state index in [2.05, 4.69) is 5.32 Å². The first-order valence-electron chi connectivity index (χ1n) is 6.49. The van der Waals surface area contributed by atoms with Crippen LogP contribution in [0.3, 0.4) is 0 Å². The van der Waals surface area contributed by atoms with Crippen molar-refractivity contribution < 1.29 is 13.9 Å². The number of ether oxygens (including phenoxy) is 2. The molecule has 100 valence electrons. The summed E-state index contributed by atoms with van der Waals surface area (Å²) in [6.07, 6.45) is 2.63. The molecular weight excluding hydrogens is 242 g/mol. The smallest absolute Gasteiger partial charge is 0.161 e. The maximum absolute atomic E-state index is 5.72. The molecular formula is C15H17NO3. The highest BCUT2D eigenvalue weighted by Crippen LogP contribution is 2.35. The van der Waals surface area contributed by atoms with Crippen molar-refractivity contribution in [2.24, 2.45) is 0 Å². The van der Waals surface area contributed by atoms with Gasteiger partial charge in [0.15, 0.2) is 11.5 Å². The van der Waals surface area contributed by atoms with Crippen molar-refractivity contribution in [3.63, 3.8) is 0 Å². The van der Waals surface area contributed by atoms with Crippen molar-refractivity contribution in [2.45, 2.75) is 13.0 Å². The minimum absolute atomic E-state index is 0.700. The number of fused-ring (bicyclic) bond motifs is 1. The van der Waals surface area contributed by atoms with Gasteiger partial charge in [-0.2, -0.15) is 0 Å². The van der Waals surface area contributed by atoms with Gasteiger partial charge >= 0.3 is 0 Å². The molecule has 1 aromatic heterocycles. The van der Waals surface area contributed by atoms with E-state index in [1.165, 1.54) is 0 Å². The lowest BCUT2D eigenvalue weighted by Crippen LogP contribution is -2.04. The number of furan rings is 1. The third-order valence-corrected chi connectivity index (χ3v) is 3.14. The summed E-state index contributed by atoms with van der Waals surface area (Å²) in [5, 5.41) is 3.10. The lowest BCUT2D eigenvalue weighted by atomic mass is 10.1. The van der Waals surface area contributed by atoms with E-state index < -0.39 is 0 Å². The van der Waals surface area contributed by atoms with Gasteiger partial charge in [-0.3, -0.25) is 0 Å². The van der Waals surface area contributed by atoms with E-state index in [4.69, 9.17) is 13.9 Å². The molecule has 0 bridgehead atoms. The minimum atomic E-state index is 0.700. The zero-order valence-electron chi connectivity index (χ0n) is 10.9. The predicted octanol–water partition coefficient (Wildman–Crippen LogP) is 2.83. The molecule has 0 atom stereocenters. The summed E-state index contributed by atoms with van der Waals surface area (Å²) in [6, 6.07) is 8.00. The summed E-state index contributed by atoms with van der Waals surface area (Å²) < 4.78 is 16.8. The van der Waals surface area contributed by atoms with Crippen LogP contribution in [-0.2, 0) is 6.54 Å². The number of nitrogens with one attached hydrogen (secondary N) is 1. The SMILES string of the molecule is CNCc1occc1-c1ccc2c(c1)OCCCO2. The van der Waals surface area contributed by atoms with Gasteiger partial charge in [0, 0.05) is 12.0 Å². The largest absolute Gasteiger partial charge is 0.490 e. The van der Waals surface area contributed by atoms with Gasteiger partial charge in [-0.1, -0.05) is 6.07 Å². The zero-order chi connectivity index (χ0) is 13.1. The van der Waals surface area contributed by atoms with E-state index >= 15 is 0 Å². The van der Waals surface area contributed by atoms with E-state index in [0.29, 0.717) is 19.8 Å². The molecule has 0 amide bonds. The fraction of sp³-hybridized carbons (Fsp3) is 0.333. The Bertz CT molecular complexity index is 562. The predicted molar refractivity (Wildman–Crippen MR) is 72.5 cm³/mol. The van der Waals surface area contributed by atoms with Gasteiger partial charge in [-0.05, 0) is 30.8 Å². The fourth-order valence-electron chi connectivity index (χ4n) is 2.23. The molecule has 0 aliphatic carbocycles. The summed E-state index contributed by atoms with van der Waals surface area (Å²) in [7, 11) is 1.90. The van der Waals surface area contributed by atoms with Crippen LogP contribution in [-0.4, -0.2) is 20.3 Å². The summed E-state index contributed by atoms with van der Waals surface area (Å²) in [6.45, 7) is 2.12. The Balaban J connectivity index is 1.97. The van der Waals surface area contributed by atoms with Gasteiger partial charge in [0.1, 0.15) is 5.76 Å².